The Labute approximate surface area is 119 Å². The van der Waals surface area contributed by atoms with Gasteiger partial charge in [-0.25, -0.2) is 17.7 Å². The highest BCUT2D eigenvalue weighted by Gasteiger charge is 2.28. The maximum absolute atomic E-state index is 11.7. The van der Waals surface area contributed by atoms with Crippen molar-refractivity contribution in [2.24, 2.45) is 7.05 Å². The maximum Gasteiger partial charge on any atom is 0.211 e. The van der Waals surface area contributed by atoms with Crippen molar-refractivity contribution in [2.45, 2.75) is 18.8 Å². The molecule has 5 nitrogen and oxygen atoms in total. The first-order chi connectivity index (χ1) is 9.47. The van der Waals surface area contributed by atoms with E-state index in [-0.39, 0.29) is 5.92 Å². The lowest BCUT2D eigenvalue weighted by atomic mass is 9.96. The van der Waals surface area contributed by atoms with Crippen LogP contribution in [0.4, 0.5) is 0 Å². The summed E-state index contributed by atoms with van der Waals surface area (Å²) in [5.41, 5.74) is 2.13. The Morgan fingerprint density at radius 2 is 2.20 bits per heavy atom. The Bertz CT molecular complexity index is 736. The molecule has 1 aliphatic heterocycles. The van der Waals surface area contributed by atoms with Crippen LogP contribution in [0.3, 0.4) is 0 Å². The Kier molecular flexibility index (Phi) is 3.30. The molecule has 0 aromatic carbocycles. The van der Waals surface area contributed by atoms with Crippen molar-refractivity contribution in [2.75, 3.05) is 19.3 Å². The zero-order chi connectivity index (χ0) is 14.3. The molecule has 0 bridgehead atoms. The second-order valence-electron chi connectivity index (χ2n) is 5.50. The molecule has 0 spiro atoms. The van der Waals surface area contributed by atoms with Gasteiger partial charge in [-0.2, -0.15) is 0 Å². The van der Waals surface area contributed by atoms with Gasteiger partial charge in [-0.3, -0.25) is 0 Å². The number of fused-ring (bicyclic) bond motifs is 1. The molecule has 1 saturated heterocycles. The van der Waals surface area contributed by atoms with Crippen LogP contribution < -0.4 is 0 Å². The quantitative estimate of drug-likeness (QED) is 0.847. The van der Waals surface area contributed by atoms with Crippen molar-refractivity contribution in [1.29, 1.82) is 0 Å². The van der Waals surface area contributed by atoms with Crippen LogP contribution >= 0.6 is 0 Å². The second kappa shape index (κ2) is 4.86. The normalized spacial score (nSPS) is 21.4. The molecule has 6 heteroatoms. The summed E-state index contributed by atoms with van der Waals surface area (Å²) in [6.45, 7) is 1.21. The fraction of sp³-hybridized carbons (Fsp3) is 0.500. The third kappa shape index (κ3) is 2.33. The van der Waals surface area contributed by atoms with E-state index in [1.54, 1.807) is 10.5 Å². The third-order valence-corrected chi connectivity index (χ3v) is 5.37. The number of pyridine rings is 1. The molecule has 1 fully saturated rings. The zero-order valence-corrected chi connectivity index (χ0v) is 12.6. The standard InChI is InChI=1S/C14H19N3O2S/c1-16-13(9-11-5-3-7-15-14(11)16)12-6-4-8-17(10-12)20(2,18)19/h3,5,7,9,12H,4,6,8,10H2,1-2H3. The van der Waals surface area contributed by atoms with E-state index in [1.165, 1.54) is 11.9 Å². The topological polar surface area (TPSA) is 55.2 Å². The fourth-order valence-electron chi connectivity index (χ4n) is 3.06. The summed E-state index contributed by atoms with van der Waals surface area (Å²) in [6.07, 6.45) is 5.01. The summed E-state index contributed by atoms with van der Waals surface area (Å²) in [4.78, 5) is 4.40. The summed E-state index contributed by atoms with van der Waals surface area (Å²) in [5, 5.41) is 1.11. The average molecular weight is 293 g/mol. The van der Waals surface area contributed by atoms with Crippen LogP contribution in [0.25, 0.3) is 11.0 Å². The highest BCUT2D eigenvalue weighted by Crippen LogP contribution is 2.31. The molecule has 0 amide bonds. The first-order valence-electron chi connectivity index (χ1n) is 6.82. The predicted molar refractivity (Wildman–Crippen MR) is 79.1 cm³/mol. The van der Waals surface area contributed by atoms with Crippen LogP contribution in [0, 0.1) is 0 Å². The molecule has 3 heterocycles. The van der Waals surface area contributed by atoms with Crippen LogP contribution in [-0.4, -0.2) is 41.6 Å². The van der Waals surface area contributed by atoms with Gasteiger partial charge in [-0.05, 0) is 31.0 Å². The van der Waals surface area contributed by atoms with E-state index in [0.29, 0.717) is 13.1 Å². The van der Waals surface area contributed by atoms with Gasteiger partial charge in [0.2, 0.25) is 10.0 Å². The maximum atomic E-state index is 11.7. The third-order valence-electron chi connectivity index (χ3n) is 4.10. The molecule has 1 aliphatic rings. The molecule has 2 aromatic rings. The van der Waals surface area contributed by atoms with Gasteiger partial charge in [0.15, 0.2) is 0 Å². The number of hydrogen-bond donors (Lipinski definition) is 0. The number of rotatable bonds is 2. The molecular formula is C14H19N3O2S. The minimum atomic E-state index is -3.10. The van der Waals surface area contributed by atoms with Crippen molar-refractivity contribution in [3.05, 3.63) is 30.1 Å². The molecule has 1 atom stereocenters. The summed E-state index contributed by atoms with van der Waals surface area (Å²) in [6, 6.07) is 6.11. The SMILES string of the molecule is Cn1c(C2CCCN(S(C)(=O)=O)C2)cc2cccnc21. The number of aromatic nitrogens is 2. The highest BCUT2D eigenvalue weighted by molar-refractivity contribution is 7.88. The van der Waals surface area contributed by atoms with E-state index in [1.807, 2.05) is 19.2 Å². The van der Waals surface area contributed by atoms with E-state index >= 15 is 0 Å². The monoisotopic (exact) mass is 293 g/mol. The lowest BCUT2D eigenvalue weighted by Crippen LogP contribution is -2.38. The highest BCUT2D eigenvalue weighted by atomic mass is 32.2. The Balaban J connectivity index is 1.97. The molecule has 1 unspecified atom stereocenters. The number of nitrogens with zero attached hydrogens (tertiary/aromatic N) is 3. The minimum Gasteiger partial charge on any atom is -0.332 e. The van der Waals surface area contributed by atoms with Crippen molar-refractivity contribution in [3.8, 4) is 0 Å². The Morgan fingerprint density at radius 1 is 1.40 bits per heavy atom. The van der Waals surface area contributed by atoms with Gasteiger partial charge in [-0.1, -0.05) is 0 Å². The van der Waals surface area contributed by atoms with Gasteiger partial charge >= 0.3 is 0 Å². The van der Waals surface area contributed by atoms with Crippen molar-refractivity contribution < 1.29 is 8.42 Å². The Morgan fingerprint density at radius 3 is 2.90 bits per heavy atom. The van der Waals surface area contributed by atoms with E-state index in [0.717, 1.165) is 23.9 Å². The molecule has 0 aliphatic carbocycles. The molecule has 2 aromatic heterocycles. The van der Waals surface area contributed by atoms with Gasteiger partial charge in [0, 0.05) is 43.3 Å². The van der Waals surface area contributed by atoms with E-state index < -0.39 is 10.0 Å². The Hall–Kier alpha value is -1.40. The van der Waals surface area contributed by atoms with E-state index in [9.17, 15) is 8.42 Å². The van der Waals surface area contributed by atoms with Crippen LogP contribution in [0.1, 0.15) is 24.5 Å². The minimum absolute atomic E-state index is 0.248. The second-order valence-corrected chi connectivity index (χ2v) is 7.49. The first kappa shape index (κ1) is 13.6. The van der Waals surface area contributed by atoms with E-state index in [4.69, 9.17) is 0 Å². The van der Waals surface area contributed by atoms with E-state index in [2.05, 4.69) is 15.6 Å². The van der Waals surface area contributed by atoms with Gasteiger partial charge in [0.1, 0.15) is 5.65 Å². The average Bonchev–Trinajstić information content (AvgIpc) is 2.76. The zero-order valence-electron chi connectivity index (χ0n) is 11.8. The van der Waals surface area contributed by atoms with Crippen molar-refractivity contribution in [3.63, 3.8) is 0 Å². The molecule has 0 N–H and O–H groups in total. The van der Waals surface area contributed by atoms with Crippen LogP contribution in [0.2, 0.25) is 0 Å². The molecule has 108 valence electrons. The summed E-state index contributed by atoms with van der Waals surface area (Å²) in [7, 11) is -1.10. The lowest BCUT2D eigenvalue weighted by Gasteiger charge is -2.31. The fourth-order valence-corrected chi connectivity index (χ4v) is 3.97. The van der Waals surface area contributed by atoms with Crippen LogP contribution in [-0.2, 0) is 17.1 Å². The van der Waals surface area contributed by atoms with Crippen LogP contribution in [0.5, 0.6) is 0 Å². The molecule has 0 saturated carbocycles. The molecular weight excluding hydrogens is 274 g/mol. The summed E-state index contributed by atoms with van der Waals surface area (Å²) >= 11 is 0. The summed E-state index contributed by atoms with van der Waals surface area (Å²) in [5.74, 6) is 0.248. The van der Waals surface area contributed by atoms with Crippen molar-refractivity contribution >= 4 is 21.1 Å². The number of hydrogen-bond acceptors (Lipinski definition) is 3. The number of sulfonamides is 1. The lowest BCUT2D eigenvalue weighted by molar-refractivity contribution is 0.312. The summed E-state index contributed by atoms with van der Waals surface area (Å²) < 4.78 is 27.1. The first-order valence-corrected chi connectivity index (χ1v) is 8.67. The smallest absolute Gasteiger partial charge is 0.211 e. The van der Waals surface area contributed by atoms with Gasteiger partial charge in [-0.15, -0.1) is 0 Å². The van der Waals surface area contributed by atoms with Gasteiger partial charge < -0.3 is 4.57 Å². The van der Waals surface area contributed by atoms with Crippen LogP contribution in [0.15, 0.2) is 24.4 Å². The molecule has 0 radical (unpaired) electrons. The van der Waals surface area contributed by atoms with Gasteiger partial charge in [0.25, 0.3) is 0 Å². The largest absolute Gasteiger partial charge is 0.332 e. The molecule has 20 heavy (non-hydrogen) atoms. The number of piperidine rings is 1. The predicted octanol–water partition coefficient (Wildman–Crippen LogP) is 1.71. The number of aryl methyl sites for hydroxylation is 1. The molecule has 3 rings (SSSR count). The van der Waals surface area contributed by atoms with Gasteiger partial charge in [0.05, 0.1) is 6.26 Å². The van der Waals surface area contributed by atoms with Crippen molar-refractivity contribution in [1.82, 2.24) is 13.9 Å².